The number of nitriles is 1. The van der Waals surface area contributed by atoms with Gasteiger partial charge in [-0.25, -0.2) is 0 Å². The summed E-state index contributed by atoms with van der Waals surface area (Å²) in [5, 5.41) is 11.8. The van der Waals surface area contributed by atoms with Crippen molar-refractivity contribution in [2.24, 2.45) is 0 Å². The van der Waals surface area contributed by atoms with Crippen LogP contribution in [0.5, 0.6) is 11.6 Å². The molecule has 102 valence electrons. The first-order valence-corrected chi connectivity index (χ1v) is 6.05. The first-order chi connectivity index (χ1) is 9.53. The normalized spacial score (nSPS) is 9.90. The van der Waals surface area contributed by atoms with E-state index in [1.165, 1.54) is 0 Å². The van der Waals surface area contributed by atoms with Crippen molar-refractivity contribution in [2.75, 3.05) is 18.1 Å². The Hall–Kier alpha value is -2.81. The first kappa shape index (κ1) is 13.6. The predicted octanol–water partition coefficient (Wildman–Crippen LogP) is 2.38. The van der Waals surface area contributed by atoms with Gasteiger partial charge in [0.05, 0.1) is 11.6 Å². The number of nitrogen functional groups attached to an aromatic ring is 1. The van der Waals surface area contributed by atoms with Crippen molar-refractivity contribution in [3.05, 3.63) is 34.9 Å². The molecule has 1 aromatic heterocycles. The van der Waals surface area contributed by atoms with Crippen molar-refractivity contribution >= 4 is 11.8 Å². The first-order valence-electron chi connectivity index (χ1n) is 6.05. The molecule has 0 saturated heterocycles. The number of hydrogen-bond donors (Lipinski definition) is 2. The second kappa shape index (κ2) is 5.45. The third-order valence-corrected chi connectivity index (χ3v) is 2.77. The number of hydrogen-bond acceptors (Lipinski definition) is 6. The molecular formula is C14H15N5O. The maximum Gasteiger partial charge on any atom is 0.226 e. The van der Waals surface area contributed by atoms with E-state index in [4.69, 9.17) is 15.7 Å². The van der Waals surface area contributed by atoms with E-state index in [0.29, 0.717) is 23.0 Å². The van der Waals surface area contributed by atoms with Gasteiger partial charge in [0.2, 0.25) is 11.8 Å². The highest BCUT2D eigenvalue weighted by Crippen LogP contribution is 2.29. The van der Waals surface area contributed by atoms with Crippen LogP contribution in [0.15, 0.2) is 18.2 Å². The Balaban J connectivity index is 2.40. The van der Waals surface area contributed by atoms with Crippen molar-refractivity contribution in [1.29, 1.82) is 5.26 Å². The second-order valence-electron chi connectivity index (χ2n) is 4.35. The zero-order chi connectivity index (χ0) is 14.7. The smallest absolute Gasteiger partial charge is 0.226 e. The highest BCUT2D eigenvalue weighted by molar-refractivity contribution is 5.50. The van der Waals surface area contributed by atoms with Crippen LogP contribution >= 0.6 is 0 Å². The van der Waals surface area contributed by atoms with Gasteiger partial charge in [0, 0.05) is 13.1 Å². The minimum Gasteiger partial charge on any atom is -0.438 e. The molecule has 0 radical (unpaired) electrons. The number of nitrogens with two attached hydrogens (primary N) is 1. The molecule has 2 aromatic rings. The van der Waals surface area contributed by atoms with Gasteiger partial charge in [-0.15, -0.1) is 0 Å². The quantitative estimate of drug-likeness (QED) is 0.887. The zero-order valence-corrected chi connectivity index (χ0v) is 11.6. The number of anilines is 2. The number of ether oxygens (including phenoxy) is 1. The highest BCUT2D eigenvalue weighted by Gasteiger charge is 2.10. The van der Waals surface area contributed by atoms with Gasteiger partial charge in [0.15, 0.2) is 0 Å². The van der Waals surface area contributed by atoms with Crippen LogP contribution in [-0.4, -0.2) is 17.0 Å². The number of nitrogens with zero attached hydrogens (tertiary/aromatic N) is 3. The zero-order valence-electron chi connectivity index (χ0n) is 11.6. The average molecular weight is 269 g/mol. The van der Waals surface area contributed by atoms with Gasteiger partial charge in [-0.05, 0) is 37.1 Å². The maximum atomic E-state index is 8.94. The Bertz CT molecular complexity index is 667. The fourth-order valence-electron chi connectivity index (χ4n) is 1.90. The number of rotatable bonds is 3. The number of benzene rings is 1. The summed E-state index contributed by atoms with van der Waals surface area (Å²) < 4.78 is 5.78. The third kappa shape index (κ3) is 2.78. The summed E-state index contributed by atoms with van der Waals surface area (Å²) >= 11 is 0. The molecule has 0 aliphatic carbocycles. The fraction of sp³-hybridized carbons (Fsp3) is 0.214. The molecule has 0 aliphatic rings. The SMILES string of the molecule is CNc1cc(Oc2c(C)cc(C#N)cc2C)nc(N)n1. The van der Waals surface area contributed by atoms with Gasteiger partial charge in [0.1, 0.15) is 11.6 Å². The van der Waals surface area contributed by atoms with Gasteiger partial charge in [-0.2, -0.15) is 15.2 Å². The molecule has 6 heteroatoms. The van der Waals surface area contributed by atoms with E-state index < -0.39 is 0 Å². The molecule has 0 bridgehead atoms. The van der Waals surface area contributed by atoms with Crippen LogP contribution in [0.1, 0.15) is 16.7 Å². The lowest BCUT2D eigenvalue weighted by Crippen LogP contribution is -2.02. The van der Waals surface area contributed by atoms with Gasteiger partial charge >= 0.3 is 0 Å². The van der Waals surface area contributed by atoms with Crippen LogP contribution in [0.3, 0.4) is 0 Å². The van der Waals surface area contributed by atoms with Gasteiger partial charge < -0.3 is 15.8 Å². The van der Waals surface area contributed by atoms with Crippen molar-refractivity contribution in [3.63, 3.8) is 0 Å². The van der Waals surface area contributed by atoms with E-state index in [0.717, 1.165) is 11.1 Å². The Morgan fingerprint density at radius 2 is 1.85 bits per heavy atom. The van der Waals surface area contributed by atoms with E-state index in [9.17, 15) is 0 Å². The van der Waals surface area contributed by atoms with Crippen LogP contribution in [-0.2, 0) is 0 Å². The molecule has 0 fully saturated rings. The van der Waals surface area contributed by atoms with Gasteiger partial charge in [0.25, 0.3) is 0 Å². The molecule has 0 amide bonds. The van der Waals surface area contributed by atoms with Crippen molar-refractivity contribution in [2.45, 2.75) is 13.8 Å². The lowest BCUT2D eigenvalue weighted by atomic mass is 10.1. The van der Waals surface area contributed by atoms with E-state index >= 15 is 0 Å². The van der Waals surface area contributed by atoms with E-state index in [1.807, 2.05) is 13.8 Å². The van der Waals surface area contributed by atoms with Crippen molar-refractivity contribution < 1.29 is 4.74 Å². The molecule has 3 N–H and O–H groups in total. The van der Waals surface area contributed by atoms with E-state index in [1.54, 1.807) is 25.2 Å². The molecule has 0 atom stereocenters. The standard InChI is InChI=1S/C14H15N5O/c1-8-4-10(7-15)5-9(2)13(8)20-12-6-11(17-3)18-14(16)19-12/h4-6H,1-3H3,(H3,16,17,18,19). The number of nitrogens with one attached hydrogen (secondary N) is 1. The van der Waals surface area contributed by atoms with E-state index in [2.05, 4.69) is 21.4 Å². The topological polar surface area (TPSA) is 96.8 Å². The fourth-order valence-corrected chi connectivity index (χ4v) is 1.90. The van der Waals surface area contributed by atoms with Gasteiger partial charge in [-0.3, -0.25) is 0 Å². The molecular weight excluding hydrogens is 254 g/mol. The van der Waals surface area contributed by atoms with Crippen molar-refractivity contribution in [3.8, 4) is 17.7 Å². The Labute approximate surface area is 117 Å². The molecule has 0 spiro atoms. The van der Waals surface area contributed by atoms with Crippen LogP contribution in [0.2, 0.25) is 0 Å². The number of aromatic nitrogens is 2. The highest BCUT2D eigenvalue weighted by atomic mass is 16.5. The summed E-state index contributed by atoms with van der Waals surface area (Å²) in [4.78, 5) is 8.04. The Morgan fingerprint density at radius 1 is 1.20 bits per heavy atom. The largest absolute Gasteiger partial charge is 0.438 e. The minimum atomic E-state index is 0.135. The maximum absolute atomic E-state index is 8.94. The summed E-state index contributed by atoms with van der Waals surface area (Å²) in [7, 11) is 1.74. The van der Waals surface area contributed by atoms with Crippen LogP contribution in [0.25, 0.3) is 0 Å². The second-order valence-corrected chi connectivity index (χ2v) is 4.35. The summed E-state index contributed by atoms with van der Waals surface area (Å²) in [6, 6.07) is 7.32. The Kier molecular flexibility index (Phi) is 3.71. The summed E-state index contributed by atoms with van der Waals surface area (Å²) in [6.07, 6.45) is 0. The van der Waals surface area contributed by atoms with E-state index in [-0.39, 0.29) is 5.95 Å². The molecule has 0 saturated carbocycles. The van der Waals surface area contributed by atoms with Crippen LogP contribution in [0.4, 0.5) is 11.8 Å². The molecule has 0 unspecified atom stereocenters. The lowest BCUT2D eigenvalue weighted by Gasteiger charge is -2.12. The van der Waals surface area contributed by atoms with Crippen molar-refractivity contribution in [1.82, 2.24) is 9.97 Å². The monoisotopic (exact) mass is 269 g/mol. The molecule has 0 aliphatic heterocycles. The van der Waals surface area contributed by atoms with Crippen LogP contribution < -0.4 is 15.8 Å². The minimum absolute atomic E-state index is 0.135. The molecule has 1 aromatic carbocycles. The predicted molar refractivity (Wildman–Crippen MR) is 76.7 cm³/mol. The molecule has 20 heavy (non-hydrogen) atoms. The summed E-state index contributed by atoms with van der Waals surface area (Å²) in [5.41, 5.74) is 7.96. The lowest BCUT2D eigenvalue weighted by molar-refractivity contribution is 0.456. The molecule has 1 heterocycles. The molecule has 2 rings (SSSR count). The van der Waals surface area contributed by atoms with Crippen LogP contribution in [0, 0.1) is 25.2 Å². The Morgan fingerprint density at radius 3 is 2.40 bits per heavy atom. The average Bonchev–Trinajstić information content (AvgIpc) is 2.41. The summed E-state index contributed by atoms with van der Waals surface area (Å²) in [6.45, 7) is 3.76. The number of aryl methyl sites for hydroxylation is 2. The third-order valence-electron chi connectivity index (χ3n) is 2.77. The molecule has 6 nitrogen and oxygen atoms in total. The van der Waals surface area contributed by atoms with Gasteiger partial charge in [-0.1, -0.05) is 0 Å². The summed E-state index contributed by atoms with van der Waals surface area (Å²) in [5.74, 6) is 1.74.